The zero-order valence-corrected chi connectivity index (χ0v) is 9.08. The molecular formula is C10H19N3O2. The van der Waals surface area contributed by atoms with Crippen molar-refractivity contribution in [2.75, 3.05) is 20.1 Å². The molecule has 2 atom stereocenters. The molecular weight excluding hydrogens is 194 g/mol. The van der Waals surface area contributed by atoms with E-state index in [2.05, 4.69) is 10.6 Å². The number of carbonyl (C=O) groups is 2. The number of amides is 2. The summed E-state index contributed by atoms with van der Waals surface area (Å²) in [5.41, 5.74) is 5.58. The van der Waals surface area contributed by atoms with Crippen LogP contribution in [0.1, 0.15) is 19.3 Å². The highest BCUT2D eigenvalue weighted by molar-refractivity contribution is 5.85. The predicted molar refractivity (Wildman–Crippen MR) is 57.0 cm³/mol. The van der Waals surface area contributed by atoms with Crippen molar-refractivity contribution in [1.82, 2.24) is 10.6 Å². The average Bonchev–Trinajstić information content (AvgIpc) is 2.73. The van der Waals surface area contributed by atoms with Crippen LogP contribution in [0.15, 0.2) is 0 Å². The lowest BCUT2D eigenvalue weighted by atomic mass is 9.95. The van der Waals surface area contributed by atoms with Gasteiger partial charge in [-0.1, -0.05) is 6.42 Å². The Bertz CT molecular complexity index is 243. The van der Waals surface area contributed by atoms with Crippen LogP contribution in [0.25, 0.3) is 0 Å². The monoisotopic (exact) mass is 213 g/mol. The molecule has 1 aliphatic rings. The molecule has 0 unspecified atom stereocenters. The van der Waals surface area contributed by atoms with Crippen molar-refractivity contribution in [2.24, 2.45) is 17.6 Å². The van der Waals surface area contributed by atoms with Gasteiger partial charge in [0.1, 0.15) is 0 Å². The van der Waals surface area contributed by atoms with Crippen LogP contribution in [0, 0.1) is 11.8 Å². The number of rotatable bonds is 4. The van der Waals surface area contributed by atoms with Crippen LogP contribution >= 0.6 is 0 Å². The van der Waals surface area contributed by atoms with Crippen LogP contribution in [0.4, 0.5) is 0 Å². The van der Waals surface area contributed by atoms with Crippen molar-refractivity contribution in [3.05, 3.63) is 0 Å². The highest BCUT2D eigenvalue weighted by Gasteiger charge is 2.31. The molecule has 0 aromatic heterocycles. The fourth-order valence-corrected chi connectivity index (χ4v) is 2.05. The second-order valence-corrected chi connectivity index (χ2v) is 3.92. The maximum atomic E-state index is 11.7. The Balaban J connectivity index is 2.36. The summed E-state index contributed by atoms with van der Waals surface area (Å²) in [5.74, 6) is 0.0755. The van der Waals surface area contributed by atoms with Gasteiger partial charge in [0.2, 0.25) is 11.8 Å². The van der Waals surface area contributed by atoms with Crippen LogP contribution in [0.5, 0.6) is 0 Å². The molecule has 0 saturated heterocycles. The lowest BCUT2D eigenvalue weighted by molar-refractivity contribution is -0.129. The van der Waals surface area contributed by atoms with E-state index in [4.69, 9.17) is 5.73 Å². The lowest BCUT2D eigenvalue weighted by Gasteiger charge is -2.16. The van der Waals surface area contributed by atoms with Gasteiger partial charge < -0.3 is 16.4 Å². The molecule has 5 nitrogen and oxygen atoms in total. The van der Waals surface area contributed by atoms with Crippen molar-refractivity contribution in [1.29, 1.82) is 0 Å². The zero-order valence-electron chi connectivity index (χ0n) is 9.08. The van der Waals surface area contributed by atoms with Crippen LogP contribution in [0.2, 0.25) is 0 Å². The topological polar surface area (TPSA) is 84.2 Å². The van der Waals surface area contributed by atoms with Gasteiger partial charge in [0, 0.05) is 13.0 Å². The first kappa shape index (κ1) is 12.0. The molecule has 1 rings (SSSR count). The first-order valence-corrected chi connectivity index (χ1v) is 5.37. The SMILES string of the molecule is CNC(=O)CNC(=O)[C@@H]1CCC[C@@H]1CN. The van der Waals surface area contributed by atoms with Crippen molar-refractivity contribution < 1.29 is 9.59 Å². The minimum Gasteiger partial charge on any atom is -0.358 e. The Morgan fingerprint density at radius 3 is 2.73 bits per heavy atom. The lowest BCUT2D eigenvalue weighted by Crippen LogP contribution is -2.40. The summed E-state index contributed by atoms with van der Waals surface area (Å²) in [6.07, 6.45) is 2.97. The number of carbonyl (C=O) groups excluding carboxylic acids is 2. The summed E-state index contributed by atoms with van der Waals surface area (Å²) >= 11 is 0. The Kier molecular flexibility index (Phi) is 4.55. The van der Waals surface area contributed by atoms with Crippen molar-refractivity contribution >= 4 is 11.8 Å². The quantitative estimate of drug-likeness (QED) is 0.573. The van der Waals surface area contributed by atoms with Crippen molar-refractivity contribution in [2.45, 2.75) is 19.3 Å². The van der Waals surface area contributed by atoms with Gasteiger partial charge in [-0.05, 0) is 25.3 Å². The molecule has 4 N–H and O–H groups in total. The zero-order chi connectivity index (χ0) is 11.3. The molecule has 86 valence electrons. The Morgan fingerprint density at radius 2 is 2.13 bits per heavy atom. The molecule has 0 spiro atoms. The molecule has 0 bridgehead atoms. The maximum absolute atomic E-state index is 11.7. The second kappa shape index (κ2) is 5.70. The third-order valence-electron chi connectivity index (χ3n) is 3.00. The normalized spacial score (nSPS) is 24.9. The van der Waals surface area contributed by atoms with Gasteiger partial charge in [-0.25, -0.2) is 0 Å². The molecule has 0 heterocycles. The van der Waals surface area contributed by atoms with E-state index >= 15 is 0 Å². The second-order valence-electron chi connectivity index (χ2n) is 3.92. The standard InChI is InChI=1S/C10H19N3O2/c1-12-9(14)6-13-10(15)8-4-2-3-7(8)5-11/h7-8H,2-6,11H2,1H3,(H,12,14)(H,13,15)/t7-,8-/m1/s1. The summed E-state index contributed by atoms with van der Waals surface area (Å²) in [6, 6.07) is 0. The Morgan fingerprint density at radius 1 is 1.40 bits per heavy atom. The Labute approximate surface area is 89.8 Å². The van der Waals surface area contributed by atoms with E-state index in [9.17, 15) is 9.59 Å². The molecule has 15 heavy (non-hydrogen) atoms. The highest BCUT2D eigenvalue weighted by Crippen LogP contribution is 2.30. The molecule has 1 saturated carbocycles. The molecule has 2 amide bonds. The fourth-order valence-electron chi connectivity index (χ4n) is 2.05. The van der Waals surface area contributed by atoms with E-state index in [0.717, 1.165) is 19.3 Å². The maximum Gasteiger partial charge on any atom is 0.239 e. The van der Waals surface area contributed by atoms with Crippen LogP contribution < -0.4 is 16.4 Å². The molecule has 0 aromatic carbocycles. The number of nitrogens with two attached hydrogens (primary N) is 1. The third-order valence-corrected chi connectivity index (χ3v) is 3.00. The summed E-state index contributed by atoms with van der Waals surface area (Å²) in [4.78, 5) is 22.6. The van der Waals surface area contributed by atoms with Gasteiger partial charge in [-0.3, -0.25) is 9.59 Å². The number of likely N-dealkylation sites (N-methyl/N-ethyl adjacent to an activating group) is 1. The summed E-state index contributed by atoms with van der Waals surface area (Å²) in [6.45, 7) is 0.612. The van der Waals surface area contributed by atoms with Crippen molar-refractivity contribution in [3.8, 4) is 0 Å². The van der Waals surface area contributed by atoms with Gasteiger partial charge in [0.05, 0.1) is 6.54 Å². The van der Waals surface area contributed by atoms with E-state index in [1.807, 2.05) is 0 Å². The van der Waals surface area contributed by atoms with E-state index in [1.165, 1.54) is 0 Å². The van der Waals surface area contributed by atoms with Crippen LogP contribution in [-0.2, 0) is 9.59 Å². The fraction of sp³-hybridized carbons (Fsp3) is 0.800. The molecule has 1 aliphatic carbocycles. The van der Waals surface area contributed by atoms with Gasteiger partial charge >= 0.3 is 0 Å². The third kappa shape index (κ3) is 3.20. The van der Waals surface area contributed by atoms with E-state index in [1.54, 1.807) is 7.05 Å². The summed E-state index contributed by atoms with van der Waals surface area (Å²) in [5, 5.41) is 5.09. The largest absolute Gasteiger partial charge is 0.358 e. The van der Waals surface area contributed by atoms with E-state index in [0.29, 0.717) is 6.54 Å². The molecule has 0 aliphatic heterocycles. The molecule has 0 aromatic rings. The summed E-state index contributed by atoms with van der Waals surface area (Å²) < 4.78 is 0. The smallest absolute Gasteiger partial charge is 0.239 e. The van der Waals surface area contributed by atoms with Gasteiger partial charge in [0.15, 0.2) is 0 Å². The van der Waals surface area contributed by atoms with Gasteiger partial charge in [-0.2, -0.15) is 0 Å². The average molecular weight is 213 g/mol. The number of hydrogen-bond donors (Lipinski definition) is 3. The molecule has 5 heteroatoms. The summed E-state index contributed by atoms with van der Waals surface area (Å²) in [7, 11) is 1.55. The predicted octanol–water partition coefficient (Wildman–Crippen LogP) is -0.776. The number of hydrogen-bond acceptors (Lipinski definition) is 3. The highest BCUT2D eigenvalue weighted by atomic mass is 16.2. The van der Waals surface area contributed by atoms with Crippen LogP contribution in [-0.4, -0.2) is 32.0 Å². The molecule has 1 fully saturated rings. The van der Waals surface area contributed by atoms with Crippen LogP contribution in [0.3, 0.4) is 0 Å². The van der Waals surface area contributed by atoms with Gasteiger partial charge in [0.25, 0.3) is 0 Å². The van der Waals surface area contributed by atoms with E-state index in [-0.39, 0.29) is 30.2 Å². The van der Waals surface area contributed by atoms with Gasteiger partial charge in [-0.15, -0.1) is 0 Å². The molecule has 0 radical (unpaired) electrons. The Hall–Kier alpha value is -1.10. The first-order valence-electron chi connectivity index (χ1n) is 5.37. The minimum absolute atomic E-state index is 0.000318. The number of nitrogens with one attached hydrogen (secondary N) is 2. The van der Waals surface area contributed by atoms with Crippen molar-refractivity contribution in [3.63, 3.8) is 0 Å². The van der Waals surface area contributed by atoms with E-state index < -0.39 is 0 Å². The minimum atomic E-state index is -0.175. The first-order chi connectivity index (χ1) is 7.19.